The Morgan fingerprint density at radius 3 is 2.07 bits per heavy atom. The van der Waals surface area contributed by atoms with Gasteiger partial charge in [-0.05, 0) is 38.5 Å². The molecule has 0 amide bonds. The zero-order valence-corrected chi connectivity index (χ0v) is 16.9. The number of aliphatic carboxylic acids is 1. The van der Waals surface area contributed by atoms with E-state index in [0.29, 0.717) is 18.6 Å². The van der Waals surface area contributed by atoms with Crippen LogP contribution in [0.3, 0.4) is 0 Å². The van der Waals surface area contributed by atoms with E-state index in [4.69, 9.17) is 15.9 Å². The van der Waals surface area contributed by atoms with Crippen LogP contribution in [0.2, 0.25) is 0 Å². The number of unbranched alkanes of at least 4 members (excludes halogenated alkanes) is 7. The van der Waals surface area contributed by atoms with E-state index in [1.54, 1.807) is 0 Å². The second-order valence-electron chi connectivity index (χ2n) is 7.37. The molecule has 0 aromatic rings. The predicted octanol–water partition coefficient (Wildman–Crippen LogP) is 3.34. The first-order valence-corrected chi connectivity index (χ1v) is 10.4. The lowest BCUT2D eigenvalue weighted by atomic mass is 9.91. The van der Waals surface area contributed by atoms with E-state index < -0.39 is 24.2 Å². The number of nitrogens with two attached hydrogens (primary N) is 1. The molecule has 0 aromatic carbocycles. The first-order valence-electron chi connectivity index (χ1n) is 10.4. The van der Waals surface area contributed by atoms with E-state index in [9.17, 15) is 14.7 Å². The number of carbonyl (C=O) groups excluding carboxylic acids is 1. The van der Waals surface area contributed by atoms with Crippen molar-refractivity contribution in [2.75, 3.05) is 6.61 Å². The predicted molar refractivity (Wildman–Crippen MR) is 107 cm³/mol. The van der Waals surface area contributed by atoms with Gasteiger partial charge in [0, 0.05) is 12.8 Å². The molecule has 0 fully saturated rings. The van der Waals surface area contributed by atoms with Crippen LogP contribution in [0.4, 0.5) is 0 Å². The summed E-state index contributed by atoms with van der Waals surface area (Å²) in [6.07, 6.45) is 14.5. The molecule has 6 heteroatoms. The fourth-order valence-corrected chi connectivity index (χ4v) is 2.87. The SMILES string of the molecule is CCCCCCC(=O)CCCCCC/C=C/CCC(O)C(N)(CO)C(=O)O. The zero-order valence-electron chi connectivity index (χ0n) is 16.9. The number of aliphatic hydroxyl groups excluding tert-OH is 2. The van der Waals surface area contributed by atoms with E-state index in [1.807, 2.05) is 12.2 Å². The molecule has 5 N–H and O–H groups in total. The molecule has 0 saturated heterocycles. The van der Waals surface area contributed by atoms with Crippen molar-refractivity contribution >= 4 is 11.8 Å². The number of hydrogen-bond donors (Lipinski definition) is 4. The average Bonchev–Trinajstić information content (AvgIpc) is 2.65. The van der Waals surface area contributed by atoms with Gasteiger partial charge in [0.05, 0.1) is 12.7 Å². The maximum atomic E-state index is 11.7. The zero-order chi connectivity index (χ0) is 20.5. The van der Waals surface area contributed by atoms with Crippen LogP contribution in [0.15, 0.2) is 12.2 Å². The quantitative estimate of drug-likeness (QED) is 0.212. The van der Waals surface area contributed by atoms with Gasteiger partial charge in [-0.2, -0.15) is 0 Å². The molecule has 0 bridgehead atoms. The number of carboxylic acid groups (broad SMARTS) is 1. The Morgan fingerprint density at radius 1 is 0.963 bits per heavy atom. The Kier molecular flexibility index (Phi) is 15.1. The summed E-state index contributed by atoms with van der Waals surface area (Å²) in [5, 5.41) is 27.9. The third-order valence-electron chi connectivity index (χ3n) is 4.91. The van der Waals surface area contributed by atoms with Crippen molar-refractivity contribution in [3.8, 4) is 0 Å². The minimum absolute atomic E-state index is 0.195. The molecular formula is C21H39NO5. The normalized spacial score (nSPS) is 15.0. The van der Waals surface area contributed by atoms with Gasteiger partial charge in [0.1, 0.15) is 5.78 Å². The van der Waals surface area contributed by atoms with Gasteiger partial charge in [0.2, 0.25) is 0 Å². The lowest BCUT2D eigenvalue weighted by Crippen LogP contribution is -2.60. The average molecular weight is 386 g/mol. The van der Waals surface area contributed by atoms with E-state index in [-0.39, 0.29) is 6.42 Å². The van der Waals surface area contributed by atoms with Crippen molar-refractivity contribution in [3.05, 3.63) is 12.2 Å². The fraction of sp³-hybridized carbons (Fsp3) is 0.810. The van der Waals surface area contributed by atoms with Crippen molar-refractivity contribution in [3.63, 3.8) is 0 Å². The molecule has 6 nitrogen and oxygen atoms in total. The number of hydrogen-bond acceptors (Lipinski definition) is 5. The summed E-state index contributed by atoms with van der Waals surface area (Å²) in [4.78, 5) is 22.7. The minimum atomic E-state index is -2.00. The molecule has 0 spiro atoms. The van der Waals surface area contributed by atoms with Crippen molar-refractivity contribution in [2.24, 2.45) is 5.73 Å². The summed E-state index contributed by atoms with van der Waals surface area (Å²) in [5.41, 5.74) is 3.51. The Labute approximate surface area is 163 Å². The maximum absolute atomic E-state index is 11.7. The lowest BCUT2D eigenvalue weighted by Gasteiger charge is -2.27. The molecular weight excluding hydrogens is 346 g/mol. The summed E-state index contributed by atoms with van der Waals surface area (Å²) < 4.78 is 0. The van der Waals surface area contributed by atoms with E-state index in [0.717, 1.165) is 51.4 Å². The Balaban J connectivity index is 3.63. The summed E-state index contributed by atoms with van der Waals surface area (Å²) >= 11 is 0. The molecule has 0 rings (SSSR count). The number of allylic oxidation sites excluding steroid dienone is 2. The highest BCUT2D eigenvalue weighted by Gasteiger charge is 2.40. The molecule has 0 aliphatic rings. The van der Waals surface area contributed by atoms with Crippen LogP contribution in [-0.4, -0.2) is 45.3 Å². The Morgan fingerprint density at radius 2 is 1.52 bits per heavy atom. The molecule has 0 aliphatic carbocycles. The van der Waals surface area contributed by atoms with Crippen molar-refractivity contribution in [1.29, 1.82) is 0 Å². The largest absolute Gasteiger partial charge is 0.480 e. The van der Waals surface area contributed by atoms with Crippen LogP contribution in [-0.2, 0) is 9.59 Å². The van der Waals surface area contributed by atoms with Crippen LogP contribution in [0.1, 0.15) is 90.4 Å². The topological polar surface area (TPSA) is 121 Å². The summed E-state index contributed by atoms with van der Waals surface area (Å²) in [5.74, 6) is -1.01. The molecule has 0 radical (unpaired) electrons. The summed E-state index contributed by atoms with van der Waals surface area (Å²) in [6, 6.07) is 0. The Bertz CT molecular complexity index is 438. The molecule has 2 atom stereocenters. The van der Waals surface area contributed by atoms with Crippen molar-refractivity contribution in [1.82, 2.24) is 0 Å². The van der Waals surface area contributed by atoms with Crippen LogP contribution in [0, 0.1) is 0 Å². The van der Waals surface area contributed by atoms with Crippen molar-refractivity contribution in [2.45, 2.75) is 102 Å². The van der Waals surface area contributed by atoms with Crippen LogP contribution in [0.25, 0.3) is 0 Å². The number of Topliss-reactive ketones (excluding diaryl/α,β-unsaturated/α-hetero) is 1. The number of ketones is 1. The van der Waals surface area contributed by atoms with Gasteiger partial charge in [-0.15, -0.1) is 0 Å². The van der Waals surface area contributed by atoms with Gasteiger partial charge in [-0.25, -0.2) is 0 Å². The summed E-state index contributed by atoms with van der Waals surface area (Å²) in [6.45, 7) is 1.37. The number of carboxylic acids is 1. The monoisotopic (exact) mass is 385 g/mol. The first-order chi connectivity index (χ1) is 12.9. The fourth-order valence-electron chi connectivity index (χ4n) is 2.87. The number of rotatable bonds is 18. The first kappa shape index (κ1) is 25.8. The highest BCUT2D eigenvalue weighted by Crippen LogP contribution is 2.14. The molecule has 0 aliphatic heterocycles. The molecule has 158 valence electrons. The number of aliphatic hydroxyl groups is 2. The van der Waals surface area contributed by atoms with Gasteiger partial charge in [0.25, 0.3) is 0 Å². The van der Waals surface area contributed by atoms with Gasteiger partial charge < -0.3 is 21.1 Å². The van der Waals surface area contributed by atoms with Gasteiger partial charge in [0.15, 0.2) is 5.54 Å². The minimum Gasteiger partial charge on any atom is -0.480 e. The third kappa shape index (κ3) is 12.0. The molecule has 2 unspecified atom stereocenters. The molecule has 0 aromatic heterocycles. The van der Waals surface area contributed by atoms with Crippen LogP contribution in [0.5, 0.6) is 0 Å². The van der Waals surface area contributed by atoms with E-state index in [2.05, 4.69) is 6.92 Å². The molecule has 27 heavy (non-hydrogen) atoms. The molecule has 0 saturated carbocycles. The Hall–Kier alpha value is -1.24. The molecule has 0 heterocycles. The lowest BCUT2D eigenvalue weighted by molar-refractivity contribution is -0.150. The third-order valence-corrected chi connectivity index (χ3v) is 4.91. The standard InChI is InChI=1S/C21H39NO5/c1-2-3-4-11-14-18(24)15-12-9-7-5-6-8-10-13-16-19(25)21(22,17-23)20(26)27/h8,10,19,23,25H,2-7,9,11-17,22H2,1H3,(H,26,27)/b10-8+. The van der Waals surface area contributed by atoms with Crippen LogP contribution >= 0.6 is 0 Å². The van der Waals surface area contributed by atoms with Gasteiger partial charge >= 0.3 is 5.97 Å². The highest BCUT2D eigenvalue weighted by atomic mass is 16.4. The maximum Gasteiger partial charge on any atom is 0.328 e. The van der Waals surface area contributed by atoms with Gasteiger partial charge in [-0.3, -0.25) is 9.59 Å². The van der Waals surface area contributed by atoms with Crippen LogP contribution < -0.4 is 5.73 Å². The number of carbonyl (C=O) groups is 2. The highest BCUT2D eigenvalue weighted by molar-refractivity contribution is 5.79. The van der Waals surface area contributed by atoms with E-state index in [1.165, 1.54) is 12.8 Å². The van der Waals surface area contributed by atoms with Gasteiger partial charge in [-0.1, -0.05) is 51.2 Å². The smallest absolute Gasteiger partial charge is 0.328 e. The second-order valence-corrected chi connectivity index (χ2v) is 7.37. The summed E-state index contributed by atoms with van der Waals surface area (Å²) in [7, 11) is 0. The van der Waals surface area contributed by atoms with Crippen molar-refractivity contribution < 1.29 is 24.9 Å². The second kappa shape index (κ2) is 15.8. The van der Waals surface area contributed by atoms with E-state index >= 15 is 0 Å².